The lowest BCUT2D eigenvalue weighted by Crippen LogP contribution is -2.37. The molecule has 0 bridgehead atoms. The van der Waals surface area contributed by atoms with Gasteiger partial charge in [0.25, 0.3) is 0 Å². The molecule has 0 aromatic heterocycles. The van der Waals surface area contributed by atoms with Crippen LogP contribution in [0.3, 0.4) is 0 Å². The van der Waals surface area contributed by atoms with Crippen molar-refractivity contribution >= 4 is 23.2 Å². The summed E-state index contributed by atoms with van der Waals surface area (Å²) in [6, 6.07) is 6.15. The minimum atomic E-state index is 0.381. The maximum atomic E-state index is 6.16. The van der Waals surface area contributed by atoms with E-state index in [2.05, 4.69) is 24.3 Å². The Labute approximate surface area is 108 Å². The predicted octanol–water partition coefficient (Wildman–Crippen LogP) is 2.69. The summed E-state index contributed by atoms with van der Waals surface area (Å²) in [5, 5.41) is 4.58. The fraction of sp³-hybridized carbons (Fsp3) is 0.500. The molecule has 0 spiro atoms. The van der Waals surface area contributed by atoms with Crippen molar-refractivity contribution in [1.82, 2.24) is 10.2 Å². The number of hydrogen-bond acceptors (Lipinski definition) is 2. The van der Waals surface area contributed by atoms with Crippen LogP contribution in [0, 0.1) is 0 Å². The van der Waals surface area contributed by atoms with E-state index in [9.17, 15) is 0 Å². The summed E-state index contributed by atoms with van der Waals surface area (Å²) < 4.78 is 0. The van der Waals surface area contributed by atoms with Crippen LogP contribution in [-0.2, 0) is 6.42 Å². The Bertz CT molecular complexity index is 340. The lowest BCUT2D eigenvalue weighted by atomic mass is 10.1. The summed E-state index contributed by atoms with van der Waals surface area (Å²) in [4.78, 5) is 2.15. The highest BCUT2D eigenvalue weighted by Gasteiger charge is 2.11. The van der Waals surface area contributed by atoms with Crippen LogP contribution in [0.4, 0.5) is 0 Å². The zero-order valence-electron chi connectivity index (χ0n) is 9.93. The Kier molecular flexibility index (Phi) is 5.56. The molecule has 0 saturated heterocycles. The van der Waals surface area contributed by atoms with E-state index in [0.717, 1.165) is 18.5 Å². The number of likely N-dealkylation sites (N-methyl/N-ethyl adjacent to an activating group) is 2. The average molecular weight is 261 g/mol. The van der Waals surface area contributed by atoms with Gasteiger partial charge in [0.15, 0.2) is 0 Å². The van der Waals surface area contributed by atoms with Gasteiger partial charge in [-0.05, 0) is 39.2 Å². The van der Waals surface area contributed by atoms with Crippen LogP contribution in [0.15, 0.2) is 18.2 Å². The second-order valence-electron chi connectivity index (χ2n) is 4.16. The molecule has 1 unspecified atom stereocenters. The van der Waals surface area contributed by atoms with Gasteiger partial charge in [-0.3, -0.25) is 0 Å². The topological polar surface area (TPSA) is 15.3 Å². The lowest BCUT2D eigenvalue weighted by molar-refractivity contribution is 0.346. The molecule has 2 nitrogen and oxygen atoms in total. The first-order chi connectivity index (χ1) is 7.54. The summed E-state index contributed by atoms with van der Waals surface area (Å²) in [6.45, 7) is 0.972. The Morgan fingerprint density at radius 2 is 2.00 bits per heavy atom. The van der Waals surface area contributed by atoms with E-state index >= 15 is 0 Å². The number of benzene rings is 1. The van der Waals surface area contributed by atoms with Crippen LogP contribution in [0.1, 0.15) is 5.56 Å². The largest absolute Gasteiger partial charge is 0.315 e. The molecule has 0 aliphatic carbocycles. The van der Waals surface area contributed by atoms with E-state index in [-0.39, 0.29) is 0 Å². The van der Waals surface area contributed by atoms with E-state index in [1.54, 1.807) is 0 Å². The van der Waals surface area contributed by atoms with Gasteiger partial charge in [0.05, 0.1) is 10.0 Å². The zero-order chi connectivity index (χ0) is 12.1. The van der Waals surface area contributed by atoms with Crippen molar-refractivity contribution in [2.75, 3.05) is 27.7 Å². The van der Waals surface area contributed by atoms with Gasteiger partial charge in [-0.15, -0.1) is 0 Å². The maximum absolute atomic E-state index is 6.16. The van der Waals surface area contributed by atoms with Crippen LogP contribution in [0.2, 0.25) is 10.0 Å². The number of hydrogen-bond donors (Lipinski definition) is 1. The van der Waals surface area contributed by atoms with Gasteiger partial charge >= 0.3 is 0 Å². The molecule has 0 radical (unpaired) electrons. The number of halogens is 2. The Morgan fingerprint density at radius 1 is 1.31 bits per heavy atom. The SMILES string of the molecule is CNC(Cc1cccc(Cl)c1Cl)CN(C)C. The molecule has 1 aromatic rings. The summed E-state index contributed by atoms with van der Waals surface area (Å²) >= 11 is 12.1. The number of nitrogens with one attached hydrogen (secondary N) is 1. The average Bonchev–Trinajstić information content (AvgIpc) is 2.23. The first-order valence-electron chi connectivity index (χ1n) is 5.29. The number of rotatable bonds is 5. The van der Waals surface area contributed by atoms with Crippen molar-refractivity contribution in [1.29, 1.82) is 0 Å². The summed E-state index contributed by atoms with van der Waals surface area (Å²) in [6.07, 6.45) is 0.883. The highest BCUT2D eigenvalue weighted by molar-refractivity contribution is 6.42. The highest BCUT2D eigenvalue weighted by Crippen LogP contribution is 2.26. The summed E-state index contributed by atoms with van der Waals surface area (Å²) in [5.41, 5.74) is 1.09. The minimum absolute atomic E-state index is 0.381. The van der Waals surface area contributed by atoms with Crippen LogP contribution in [0.25, 0.3) is 0 Å². The van der Waals surface area contributed by atoms with E-state index in [1.165, 1.54) is 0 Å². The van der Waals surface area contributed by atoms with Gasteiger partial charge in [0.2, 0.25) is 0 Å². The molecule has 16 heavy (non-hydrogen) atoms. The fourth-order valence-electron chi connectivity index (χ4n) is 1.67. The van der Waals surface area contributed by atoms with Crippen molar-refractivity contribution in [3.8, 4) is 0 Å². The fourth-order valence-corrected chi connectivity index (χ4v) is 2.07. The quantitative estimate of drug-likeness (QED) is 0.876. The molecule has 1 N–H and O–H groups in total. The summed E-state index contributed by atoms with van der Waals surface area (Å²) in [5.74, 6) is 0. The van der Waals surface area contributed by atoms with Crippen molar-refractivity contribution in [3.63, 3.8) is 0 Å². The van der Waals surface area contributed by atoms with Gasteiger partial charge in [-0.2, -0.15) is 0 Å². The van der Waals surface area contributed by atoms with E-state index in [0.29, 0.717) is 16.1 Å². The van der Waals surface area contributed by atoms with Crippen LogP contribution in [-0.4, -0.2) is 38.6 Å². The summed E-state index contributed by atoms with van der Waals surface area (Å²) in [7, 11) is 6.08. The molecule has 0 amide bonds. The van der Waals surface area contributed by atoms with E-state index in [4.69, 9.17) is 23.2 Å². The maximum Gasteiger partial charge on any atom is 0.0624 e. The third-order valence-corrected chi connectivity index (χ3v) is 3.35. The Hall–Kier alpha value is -0.280. The molecule has 0 aliphatic rings. The molecule has 0 saturated carbocycles. The normalized spacial score (nSPS) is 13.1. The first kappa shape index (κ1) is 13.8. The Balaban J connectivity index is 2.74. The third-order valence-electron chi connectivity index (χ3n) is 2.49. The van der Waals surface area contributed by atoms with Gasteiger partial charge < -0.3 is 10.2 Å². The molecule has 1 atom stereocenters. The smallest absolute Gasteiger partial charge is 0.0624 e. The molecule has 1 rings (SSSR count). The standard InChI is InChI=1S/C12H18Cl2N2/c1-15-10(8-16(2)3)7-9-5-4-6-11(13)12(9)14/h4-6,10,15H,7-8H2,1-3H3. The molecule has 1 aromatic carbocycles. The van der Waals surface area contributed by atoms with Crippen molar-refractivity contribution in [2.45, 2.75) is 12.5 Å². The lowest BCUT2D eigenvalue weighted by Gasteiger charge is -2.21. The zero-order valence-corrected chi connectivity index (χ0v) is 11.4. The molecular formula is C12H18Cl2N2. The molecule has 0 fully saturated rings. The second kappa shape index (κ2) is 6.45. The molecule has 0 heterocycles. The van der Waals surface area contributed by atoms with Gasteiger partial charge in [0, 0.05) is 12.6 Å². The molecule has 0 aliphatic heterocycles. The molecule has 4 heteroatoms. The molecule has 90 valence electrons. The second-order valence-corrected chi connectivity index (χ2v) is 4.95. The van der Waals surface area contributed by atoms with Crippen molar-refractivity contribution in [3.05, 3.63) is 33.8 Å². The highest BCUT2D eigenvalue weighted by atomic mass is 35.5. The van der Waals surface area contributed by atoms with Gasteiger partial charge in [0.1, 0.15) is 0 Å². The van der Waals surface area contributed by atoms with Gasteiger partial charge in [-0.25, -0.2) is 0 Å². The van der Waals surface area contributed by atoms with Crippen molar-refractivity contribution < 1.29 is 0 Å². The van der Waals surface area contributed by atoms with Crippen LogP contribution >= 0.6 is 23.2 Å². The van der Waals surface area contributed by atoms with Gasteiger partial charge in [-0.1, -0.05) is 35.3 Å². The van der Waals surface area contributed by atoms with Crippen molar-refractivity contribution in [2.24, 2.45) is 0 Å². The Morgan fingerprint density at radius 3 is 2.56 bits per heavy atom. The first-order valence-corrected chi connectivity index (χ1v) is 6.05. The van der Waals surface area contributed by atoms with E-state index in [1.807, 2.05) is 25.2 Å². The monoisotopic (exact) mass is 260 g/mol. The van der Waals surface area contributed by atoms with Crippen LogP contribution < -0.4 is 5.32 Å². The third kappa shape index (κ3) is 3.95. The van der Waals surface area contributed by atoms with Crippen LogP contribution in [0.5, 0.6) is 0 Å². The van der Waals surface area contributed by atoms with E-state index < -0.39 is 0 Å². The predicted molar refractivity (Wildman–Crippen MR) is 71.6 cm³/mol. The minimum Gasteiger partial charge on any atom is -0.315 e. The number of nitrogens with zero attached hydrogens (tertiary/aromatic N) is 1. The molecular weight excluding hydrogens is 243 g/mol.